The molecule has 5 rings (SSSR count). The van der Waals surface area contributed by atoms with E-state index in [1.165, 1.54) is 6.42 Å². The largest absolute Gasteiger partial charge is 0.376 e. The van der Waals surface area contributed by atoms with E-state index >= 15 is 0 Å². The van der Waals surface area contributed by atoms with Gasteiger partial charge in [0.05, 0.1) is 12.6 Å². The summed E-state index contributed by atoms with van der Waals surface area (Å²) >= 11 is 0. The maximum atomic E-state index is 13.3. The van der Waals surface area contributed by atoms with Crippen molar-refractivity contribution >= 4 is 10.9 Å². The minimum Gasteiger partial charge on any atom is -0.376 e. The third-order valence-corrected chi connectivity index (χ3v) is 6.58. The van der Waals surface area contributed by atoms with Gasteiger partial charge in [-0.2, -0.15) is 0 Å². The van der Waals surface area contributed by atoms with Gasteiger partial charge in [0.25, 0.3) is 5.56 Å². The smallest absolute Gasteiger partial charge is 0.253 e. The first-order valence-corrected chi connectivity index (χ1v) is 11.3. The highest BCUT2D eigenvalue weighted by molar-refractivity contribution is 5.79. The number of fused-ring (bicyclic) bond motifs is 1. The third-order valence-electron chi connectivity index (χ3n) is 6.58. The molecule has 164 valence electrons. The number of likely N-dealkylation sites (tertiary alicyclic amines) is 1. The number of tetrazole rings is 1. The topological polar surface area (TPSA) is 88.9 Å². The lowest BCUT2D eigenvalue weighted by molar-refractivity contribution is 0.0889. The molecule has 0 saturated carbocycles. The summed E-state index contributed by atoms with van der Waals surface area (Å²) in [7, 11) is 0. The van der Waals surface area contributed by atoms with Crippen LogP contribution in [-0.4, -0.2) is 55.9 Å². The highest BCUT2D eigenvalue weighted by atomic mass is 16.5. The van der Waals surface area contributed by atoms with Crippen LogP contribution in [-0.2, 0) is 11.3 Å². The third kappa shape index (κ3) is 4.14. The Labute approximate surface area is 181 Å². The number of piperidine rings is 1. The Morgan fingerprint density at radius 1 is 1.26 bits per heavy atom. The summed E-state index contributed by atoms with van der Waals surface area (Å²) in [6.45, 7) is 7.59. The van der Waals surface area contributed by atoms with Gasteiger partial charge in [-0.25, -0.2) is 4.68 Å². The van der Waals surface area contributed by atoms with Crippen molar-refractivity contribution < 1.29 is 4.74 Å². The predicted octanol–water partition coefficient (Wildman–Crippen LogP) is 2.82. The molecule has 2 fully saturated rings. The molecule has 0 unspecified atom stereocenters. The van der Waals surface area contributed by atoms with Crippen molar-refractivity contribution in [2.75, 3.05) is 19.7 Å². The second-order valence-corrected chi connectivity index (χ2v) is 9.14. The number of H-pyrrole nitrogens is 1. The molecular formula is C23H30N6O2. The normalized spacial score (nSPS) is 23.4. The van der Waals surface area contributed by atoms with E-state index in [1.54, 1.807) is 0 Å². The minimum absolute atomic E-state index is 0.0776. The standard InChI is InChI=1S/C23H30N6O2/c1-15-7-8-20-17(11-15)12-19(23(30)24-20)21(28-9-3-5-16(2)13-28)22-25-26-27-29(22)14-18-6-4-10-31-18/h7-8,11-12,16,18,21H,3-6,9-10,13-14H2,1-2H3,(H,24,30)/t16-,18+,21+/m0/s1. The van der Waals surface area contributed by atoms with Gasteiger partial charge in [-0.15, -0.1) is 5.10 Å². The molecule has 0 aliphatic carbocycles. The van der Waals surface area contributed by atoms with Crippen LogP contribution in [0.15, 0.2) is 29.1 Å². The van der Waals surface area contributed by atoms with E-state index in [-0.39, 0.29) is 17.7 Å². The first kappa shape index (κ1) is 20.3. The van der Waals surface area contributed by atoms with Crippen molar-refractivity contribution in [3.05, 3.63) is 51.6 Å². The second kappa shape index (κ2) is 8.51. The molecule has 31 heavy (non-hydrogen) atoms. The van der Waals surface area contributed by atoms with E-state index in [4.69, 9.17) is 4.74 Å². The fourth-order valence-electron chi connectivity index (χ4n) is 5.02. The zero-order chi connectivity index (χ0) is 21.4. The Bertz CT molecular complexity index is 1120. The molecule has 0 bridgehead atoms. The van der Waals surface area contributed by atoms with Crippen molar-refractivity contribution in [2.24, 2.45) is 5.92 Å². The van der Waals surface area contributed by atoms with Crippen LogP contribution in [0.1, 0.15) is 55.6 Å². The highest BCUT2D eigenvalue weighted by Gasteiger charge is 2.33. The van der Waals surface area contributed by atoms with Crippen LogP contribution < -0.4 is 5.56 Å². The monoisotopic (exact) mass is 422 g/mol. The first-order valence-electron chi connectivity index (χ1n) is 11.3. The van der Waals surface area contributed by atoms with E-state index in [0.717, 1.165) is 61.2 Å². The maximum absolute atomic E-state index is 13.3. The van der Waals surface area contributed by atoms with E-state index in [1.807, 2.05) is 22.9 Å². The van der Waals surface area contributed by atoms with Crippen LogP contribution in [0.3, 0.4) is 0 Å². The lowest BCUT2D eigenvalue weighted by Gasteiger charge is -2.36. The number of benzene rings is 1. The molecule has 1 N–H and O–H groups in total. The maximum Gasteiger partial charge on any atom is 0.253 e. The number of pyridine rings is 1. The quantitative estimate of drug-likeness (QED) is 0.680. The molecular weight excluding hydrogens is 392 g/mol. The molecule has 3 atom stereocenters. The summed E-state index contributed by atoms with van der Waals surface area (Å²) in [5.41, 5.74) is 2.64. The van der Waals surface area contributed by atoms with Crippen LogP contribution >= 0.6 is 0 Å². The van der Waals surface area contributed by atoms with Crippen LogP contribution in [0.5, 0.6) is 0 Å². The van der Waals surface area contributed by atoms with Crippen molar-refractivity contribution in [1.82, 2.24) is 30.1 Å². The number of hydrogen-bond acceptors (Lipinski definition) is 6. The fraction of sp³-hybridized carbons (Fsp3) is 0.565. The van der Waals surface area contributed by atoms with Gasteiger partial charge in [0, 0.05) is 24.2 Å². The SMILES string of the molecule is Cc1ccc2[nH]c(=O)c([C@H](c3nnnn3C[C@H]3CCCO3)N3CCC[C@H](C)C3)cc2c1. The van der Waals surface area contributed by atoms with Gasteiger partial charge in [-0.1, -0.05) is 18.6 Å². The molecule has 2 aliphatic rings. The minimum atomic E-state index is -0.284. The van der Waals surface area contributed by atoms with Gasteiger partial charge in [-0.3, -0.25) is 9.69 Å². The van der Waals surface area contributed by atoms with E-state index < -0.39 is 0 Å². The molecule has 1 aromatic carbocycles. The zero-order valence-electron chi connectivity index (χ0n) is 18.3. The van der Waals surface area contributed by atoms with E-state index in [9.17, 15) is 4.79 Å². The molecule has 0 radical (unpaired) electrons. The van der Waals surface area contributed by atoms with Gasteiger partial charge < -0.3 is 9.72 Å². The first-order chi connectivity index (χ1) is 15.1. The highest BCUT2D eigenvalue weighted by Crippen LogP contribution is 2.31. The Hall–Kier alpha value is -2.58. The molecule has 8 nitrogen and oxygen atoms in total. The summed E-state index contributed by atoms with van der Waals surface area (Å²) in [6.07, 6.45) is 4.52. The molecule has 2 aromatic heterocycles. The van der Waals surface area contributed by atoms with Crippen LogP contribution in [0.2, 0.25) is 0 Å². The Balaban J connectivity index is 1.60. The number of nitrogens with zero attached hydrogens (tertiary/aromatic N) is 5. The van der Waals surface area contributed by atoms with Crippen molar-refractivity contribution in [2.45, 2.75) is 58.2 Å². The number of nitrogens with one attached hydrogen (secondary N) is 1. The zero-order valence-corrected chi connectivity index (χ0v) is 18.3. The summed E-state index contributed by atoms with van der Waals surface area (Å²) < 4.78 is 7.67. The van der Waals surface area contributed by atoms with E-state index in [0.29, 0.717) is 18.0 Å². The van der Waals surface area contributed by atoms with E-state index in [2.05, 4.69) is 45.3 Å². The lowest BCUT2D eigenvalue weighted by atomic mass is 9.95. The number of aryl methyl sites for hydroxylation is 1. The number of aromatic amines is 1. The molecule has 2 saturated heterocycles. The molecule has 8 heteroatoms. The van der Waals surface area contributed by atoms with Crippen LogP contribution in [0.4, 0.5) is 0 Å². The fourth-order valence-corrected chi connectivity index (χ4v) is 5.02. The number of rotatable bonds is 5. The number of ether oxygens (including phenoxy) is 1. The Kier molecular flexibility index (Phi) is 5.58. The predicted molar refractivity (Wildman–Crippen MR) is 118 cm³/mol. The Morgan fingerprint density at radius 3 is 2.97 bits per heavy atom. The summed E-state index contributed by atoms with van der Waals surface area (Å²) in [5, 5.41) is 13.7. The van der Waals surface area contributed by atoms with Crippen molar-refractivity contribution in [1.29, 1.82) is 0 Å². The van der Waals surface area contributed by atoms with Gasteiger partial charge >= 0.3 is 0 Å². The average molecular weight is 423 g/mol. The van der Waals surface area contributed by atoms with Gasteiger partial charge in [-0.05, 0) is 79.1 Å². The molecule has 0 spiro atoms. The molecule has 4 heterocycles. The second-order valence-electron chi connectivity index (χ2n) is 9.14. The summed E-state index contributed by atoms with van der Waals surface area (Å²) in [5.74, 6) is 1.29. The summed E-state index contributed by atoms with van der Waals surface area (Å²) in [4.78, 5) is 18.7. The van der Waals surface area contributed by atoms with Gasteiger partial charge in [0.2, 0.25) is 0 Å². The lowest BCUT2D eigenvalue weighted by Crippen LogP contribution is -2.41. The number of aromatic nitrogens is 5. The molecule has 2 aliphatic heterocycles. The van der Waals surface area contributed by atoms with Gasteiger partial charge in [0.15, 0.2) is 5.82 Å². The molecule has 3 aromatic rings. The average Bonchev–Trinajstić information content (AvgIpc) is 3.42. The Morgan fingerprint density at radius 2 is 2.16 bits per heavy atom. The van der Waals surface area contributed by atoms with Crippen molar-refractivity contribution in [3.63, 3.8) is 0 Å². The molecule has 0 amide bonds. The van der Waals surface area contributed by atoms with Gasteiger partial charge in [0.1, 0.15) is 6.04 Å². The number of hydrogen-bond donors (Lipinski definition) is 1. The summed E-state index contributed by atoms with van der Waals surface area (Å²) in [6, 6.07) is 7.84. The van der Waals surface area contributed by atoms with Crippen LogP contribution in [0, 0.1) is 12.8 Å². The van der Waals surface area contributed by atoms with Crippen LogP contribution in [0.25, 0.3) is 10.9 Å². The van der Waals surface area contributed by atoms with Crippen molar-refractivity contribution in [3.8, 4) is 0 Å².